The quantitative estimate of drug-likeness (QED) is 0.678. The molecule has 9 heteroatoms. The van der Waals surface area contributed by atoms with E-state index in [-0.39, 0.29) is 11.8 Å². The molecule has 4 nitrogen and oxygen atoms in total. The van der Waals surface area contributed by atoms with Crippen LogP contribution in [0.3, 0.4) is 0 Å². The van der Waals surface area contributed by atoms with Gasteiger partial charge < -0.3 is 15.0 Å². The molecule has 0 atom stereocenters. The molecule has 1 saturated heterocycles. The molecule has 28 heavy (non-hydrogen) atoms. The second-order valence-corrected chi connectivity index (χ2v) is 6.54. The number of alkyl halides is 5. The van der Waals surface area contributed by atoms with Crippen LogP contribution in [0.15, 0.2) is 48.5 Å². The Balaban J connectivity index is 1.52. The summed E-state index contributed by atoms with van der Waals surface area (Å²) in [5.74, 6) is -0.606. The van der Waals surface area contributed by atoms with Crippen LogP contribution in [0.4, 0.5) is 33.3 Å². The van der Waals surface area contributed by atoms with Gasteiger partial charge in [-0.15, -0.1) is 0 Å². The number of nitrogens with zero attached hydrogens (tertiary/aromatic N) is 1. The molecule has 1 aliphatic heterocycles. The van der Waals surface area contributed by atoms with Crippen molar-refractivity contribution in [2.45, 2.75) is 31.2 Å². The van der Waals surface area contributed by atoms with Gasteiger partial charge in [-0.3, -0.25) is 5.11 Å². The van der Waals surface area contributed by atoms with E-state index in [0.717, 1.165) is 43.8 Å². The molecule has 1 radical (unpaired) electrons. The zero-order chi connectivity index (χ0) is 20.4. The Morgan fingerprint density at radius 3 is 2.00 bits per heavy atom. The predicted octanol–water partition coefficient (Wildman–Crippen LogP) is 5.45. The largest absolute Gasteiger partial charge is 0.499 e. The van der Waals surface area contributed by atoms with E-state index >= 15 is 0 Å². The first-order chi connectivity index (χ1) is 13.1. The topological polar surface area (TPSA) is 44.4 Å². The van der Waals surface area contributed by atoms with Crippen molar-refractivity contribution in [1.29, 1.82) is 0 Å². The average Bonchev–Trinajstić information content (AvgIpc) is 2.64. The van der Waals surface area contributed by atoms with Crippen molar-refractivity contribution in [2.24, 2.45) is 0 Å². The minimum absolute atomic E-state index is 0.0410. The van der Waals surface area contributed by atoms with Crippen LogP contribution in [0.5, 0.6) is 11.5 Å². The van der Waals surface area contributed by atoms with Crippen molar-refractivity contribution in [2.75, 3.05) is 23.3 Å². The molecule has 3 rings (SSSR count). The summed E-state index contributed by atoms with van der Waals surface area (Å²) < 4.78 is 66.1. The average molecular weight is 401 g/mol. The monoisotopic (exact) mass is 401 g/mol. The van der Waals surface area contributed by atoms with E-state index in [2.05, 4.69) is 15.0 Å². The molecule has 0 aliphatic carbocycles. The third kappa shape index (κ3) is 4.76. The van der Waals surface area contributed by atoms with Gasteiger partial charge in [0.15, 0.2) is 5.75 Å². The van der Waals surface area contributed by atoms with Crippen molar-refractivity contribution >= 4 is 11.4 Å². The lowest BCUT2D eigenvalue weighted by Gasteiger charge is -2.34. The number of halogens is 5. The molecule has 0 spiro atoms. The molecule has 0 aromatic heterocycles. The Morgan fingerprint density at radius 1 is 0.893 bits per heavy atom. The molecular weight excluding hydrogens is 383 g/mol. The van der Waals surface area contributed by atoms with E-state index in [1.165, 1.54) is 24.3 Å². The second kappa shape index (κ2) is 7.73. The van der Waals surface area contributed by atoms with Crippen LogP contribution in [0.25, 0.3) is 0 Å². The van der Waals surface area contributed by atoms with Crippen LogP contribution in [-0.4, -0.2) is 31.4 Å². The summed E-state index contributed by atoms with van der Waals surface area (Å²) in [7, 11) is 0. The number of ether oxygens (including phenoxy) is 1. The van der Waals surface area contributed by atoms with Gasteiger partial charge in [0.25, 0.3) is 0 Å². The third-order valence-corrected chi connectivity index (χ3v) is 4.50. The molecule has 0 unspecified atom stereocenters. The maximum absolute atomic E-state index is 12.9. The van der Waals surface area contributed by atoms with Crippen LogP contribution in [0, 0.1) is 0 Å². The molecule has 1 heterocycles. The zero-order valence-corrected chi connectivity index (χ0v) is 14.7. The molecule has 1 fully saturated rings. The molecule has 0 saturated carbocycles. The molecular formula is C19H18F5N2O2. The summed E-state index contributed by atoms with van der Waals surface area (Å²) in [5, 5.41) is 14.4. The lowest BCUT2D eigenvalue weighted by Crippen LogP contribution is -2.41. The first-order valence-corrected chi connectivity index (χ1v) is 8.66. The van der Waals surface area contributed by atoms with E-state index in [1.54, 1.807) is 12.1 Å². The SMILES string of the molecule is [O]c1ccc(N2CCC(Nc3ccc(OC(F)(F)C(F)(F)F)cc3)CC2)cc1. The number of hydrogen-bond donors (Lipinski definition) is 1. The van der Waals surface area contributed by atoms with Crippen molar-refractivity contribution in [3.63, 3.8) is 0 Å². The maximum Gasteiger partial charge on any atom is 0.499 e. The van der Waals surface area contributed by atoms with Gasteiger partial charge in [0.2, 0.25) is 0 Å². The highest BCUT2D eigenvalue weighted by Crippen LogP contribution is 2.37. The fourth-order valence-electron chi connectivity index (χ4n) is 3.00. The number of hydrogen-bond acceptors (Lipinski definition) is 3. The lowest BCUT2D eigenvalue weighted by atomic mass is 10.0. The Bertz CT molecular complexity index is 770. The van der Waals surface area contributed by atoms with Crippen molar-refractivity contribution in [3.05, 3.63) is 48.5 Å². The Morgan fingerprint density at radius 2 is 1.46 bits per heavy atom. The molecule has 2 aromatic rings. The normalized spacial score (nSPS) is 16.1. The highest BCUT2D eigenvalue weighted by atomic mass is 19.4. The molecule has 0 bridgehead atoms. The lowest BCUT2D eigenvalue weighted by molar-refractivity contribution is -0.360. The summed E-state index contributed by atoms with van der Waals surface area (Å²) >= 11 is 0. The standard InChI is InChI=1S/C19H18F5N2O2/c20-18(21,22)19(23,24)28-17-7-1-13(2-8-17)25-14-9-11-26(12-10-14)15-3-5-16(27)6-4-15/h1-8,14,25H,9-12H2. The fraction of sp³-hybridized carbons (Fsp3) is 0.368. The zero-order valence-electron chi connectivity index (χ0n) is 14.7. The molecule has 1 aliphatic rings. The second-order valence-electron chi connectivity index (χ2n) is 6.54. The van der Waals surface area contributed by atoms with Crippen LogP contribution < -0.4 is 15.0 Å². The van der Waals surface area contributed by atoms with Gasteiger partial charge in [-0.1, -0.05) is 0 Å². The van der Waals surface area contributed by atoms with E-state index < -0.39 is 18.0 Å². The third-order valence-electron chi connectivity index (χ3n) is 4.50. The summed E-state index contributed by atoms with van der Waals surface area (Å²) in [5.41, 5.74) is 1.59. The minimum Gasteiger partial charge on any atom is -0.426 e. The van der Waals surface area contributed by atoms with Crippen LogP contribution >= 0.6 is 0 Å². The Hall–Kier alpha value is -2.71. The molecule has 2 aromatic carbocycles. The minimum atomic E-state index is -5.77. The molecule has 0 amide bonds. The van der Waals surface area contributed by atoms with Crippen LogP contribution in [0.2, 0.25) is 0 Å². The van der Waals surface area contributed by atoms with Crippen LogP contribution in [0.1, 0.15) is 12.8 Å². The Kier molecular flexibility index (Phi) is 5.53. The van der Waals surface area contributed by atoms with Crippen LogP contribution in [-0.2, 0) is 5.11 Å². The van der Waals surface area contributed by atoms with Gasteiger partial charge in [0.05, 0.1) is 0 Å². The van der Waals surface area contributed by atoms with E-state index in [9.17, 15) is 27.1 Å². The fourth-order valence-corrected chi connectivity index (χ4v) is 3.00. The maximum atomic E-state index is 12.9. The van der Waals surface area contributed by atoms with E-state index in [0.29, 0.717) is 5.69 Å². The van der Waals surface area contributed by atoms with E-state index in [4.69, 9.17) is 0 Å². The first kappa shape index (κ1) is 20.0. The number of piperidine rings is 1. The van der Waals surface area contributed by atoms with Gasteiger partial charge >= 0.3 is 12.3 Å². The Labute approximate surface area is 158 Å². The van der Waals surface area contributed by atoms with Gasteiger partial charge in [0, 0.05) is 30.5 Å². The first-order valence-electron chi connectivity index (χ1n) is 8.66. The summed E-state index contributed by atoms with van der Waals surface area (Å²) in [6.45, 7) is 1.55. The van der Waals surface area contributed by atoms with Gasteiger partial charge in [-0.05, 0) is 61.4 Å². The summed E-state index contributed by atoms with van der Waals surface area (Å²) in [4.78, 5) is 2.16. The summed E-state index contributed by atoms with van der Waals surface area (Å²) in [6.07, 6.45) is -9.39. The van der Waals surface area contributed by atoms with E-state index in [1.807, 2.05) is 0 Å². The number of benzene rings is 2. The van der Waals surface area contributed by atoms with Gasteiger partial charge in [-0.25, -0.2) is 0 Å². The number of rotatable bonds is 5. The van der Waals surface area contributed by atoms with Crippen molar-refractivity contribution in [3.8, 4) is 11.5 Å². The van der Waals surface area contributed by atoms with Gasteiger partial charge in [-0.2, -0.15) is 22.0 Å². The van der Waals surface area contributed by atoms with Gasteiger partial charge in [0.1, 0.15) is 5.75 Å². The van der Waals surface area contributed by atoms with Crippen molar-refractivity contribution in [1.82, 2.24) is 0 Å². The highest BCUT2D eigenvalue weighted by Gasteiger charge is 2.61. The smallest absolute Gasteiger partial charge is 0.426 e. The number of nitrogens with one attached hydrogen (secondary N) is 1. The molecule has 1 N–H and O–H groups in total. The summed E-state index contributed by atoms with van der Waals surface area (Å²) in [6, 6.07) is 11.7. The highest BCUT2D eigenvalue weighted by molar-refractivity contribution is 5.50. The number of anilines is 2. The van der Waals surface area contributed by atoms with Crippen molar-refractivity contribution < 1.29 is 31.8 Å². The predicted molar refractivity (Wildman–Crippen MR) is 93.5 cm³/mol. The molecule has 151 valence electrons.